The largest absolute Gasteiger partial charge is 0.322 e. The Morgan fingerprint density at radius 1 is 1.67 bits per heavy atom. The number of hydrogen-bond acceptors (Lipinski definition) is 3. The summed E-state index contributed by atoms with van der Waals surface area (Å²) in [6, 6.07) is 5.77. The number of aromatic nitrogens is 1. The molecule has 1 aromatic rings. The molecule has 0 fully saturated rings. The van der Waals surface area contributed by atoms with Crippen molar-refractivity contribution in [2.75, 3.05) is 0 Å². The highest BCUT2D eigenvalue weighted by Crippen LogP contribution is 2.10. The minimum atomic E-state index is -0.569. The monoisotopic (exact) mass is 165 g/mol. The van der Waals surface area contributed by atoms with Crippen molar-refractivity contribution in [2.45, 2.75) is 12.5 Å². The molecule has 0 saturated heterocycles. The lowest BCUT2D eigenvalue weighted by Gasteiger charge is -2.05. The first kappa shape index (κ1) is 8.62. The SMILES string of the molecule is N#CCC(N)c1cccc(F)n1. The Balaban J connectivity index is 2.82. The van der Waals surface area contributed by atoms with Gasteiger partial charge in [0.1, 0.15) is 0 Å². The van der Waals surface area contributed by atoms with E-state index in [0.29, 0.717) is 5.69 Å². The Morgan fingerprint density at radius 3 is 3.00 bits per heavy atom. The number of nitrogens with two attached hydrogens (primary N) is 1. The van der Waals surface area contributed by atoms with Gasteiger partial charge in [0.15, 0.2) is 0 Å². The van der Waals surface area contributed by atoms with Crippen LogP contribution in [0, 0.1) is 17.3 Å². The van der Waals surface area contributed by atoms with E-state index in [-0.39, 0.29) is 6.42 Å². The van der Waals surface area contributed by atoms with Crippen molar-refractivity contribution in [2.24, 2.45) is 5.73 Å². The van der Waals surface area contributed by atoms with Gasteiger partial charge in [-0.3, -0.25) is 0 Å². The molecule has 0 radical (unpaired) electrons. The van der Waals surface area contributed by atoms with Gasteiger partial charge in [-0.15, -0.1) is 0 Å². The molecule has 1 unspecified atom stereocenters. The summed E-state index contributed by atoms with van der Waals surface area (Å²) < 4.78 is 12.5. The molecule has 1 heterocycles. The summed E-state index contributed by atoms with van der Waals surface area (Å²) in [6.07, 6.45) is 0.149. The van der Waals surface area contributed by atoms with E-state index >= 15 is 0 Å². The van der Waals surface area contributed by atoms with Gasteiger partial charge >= 0.3 is 0 Å². The normalized spacial score (nSPS) is 12.1. The number of hydrogen-bond donors (Lipinski definition) is 1. The van der Waals surface area contributed by atoms with Crippen LogP contribution in [0.3, 0.4) is 0 Å². The molecule has 0 aliphatic carbocycles. The first-order valence-electron chi connectivity index (χ1n) is 3.49. The lowest BCUT2D eigenvalue weighted by Crippen LogP contribution is -2.11. The molecule has 1 aromatic heterocycles. The molecule has 1 atom stereocenters. The lowest BCUT2D eigenvalue weighted by atomic mass is 10.1. The molecular weight excluding hydrogens is 157 g/mol. The summed E-state index contributed by atoms with van der Waals surface area (Å²) in [5.74, 6) is -0.569. The zero-order chi connectivity index (χ0) is 8.97. The highest BCUT2D eigenvalue weighted by molar-refractivity contribution is 5.10. The maximum Gasteiger partial charge on any atom is 0.213 e. The number of nitrogens with zero attached hydrogens (tertiary/aromatic N) is 2. The van der Waals surface area contributed by atoms with Gasteiger partial charge in [-0.1, -0.05) is 6.07 Å². The quantitative estimate of drug-likeness (QED) is 0.668. The Morgan fingerprint density at radius 2 is 2.42 bits per heavy atom. The Kier molecular flexibility index (Phi) is 2.72. The number of nitriles is 1. The van der Waals surface area contributed by atoms with Crippen LogP contribution in [-0.4, -0.2) is 4.98 Å². The second-order valence-corrected chi connectivity index (χ2v) is 2.35. The van der Waals surface area contributed by atoms with E-state index in [2.05, 4.69) is 4.98 Å². The van der Waals surface area contributed by atoms with Crippen molar-refractivity contribution in [1.29, 1.82) is 5.26 Å². The standard InChI is InChI=1S/C8H8FN3/c9-8-3-1-2-7(12-8)6(11)4-5-10/h1-3,6H,4,11H2. The van der Waals surface area contributed by atoms with Gasteiger partial charge in [0, 0.05) is 0 Å². The fourth-order valence-electron chi connectivity index (χ4n) is 0.833. The Labute approximate surface area is 69.6 Å². The van der Waals surface area contributed by atoms with Crippen LogP contribution in [0.25, 0.3) is 0 Å². The van der Waals surface area contributed by atoms with Crippen LogP contribution in [0.4, 0.5) is 4.39 Å². The molecule has 0 aliphatic heterocycles. The highest BCUT2D eigenvalue weighted by Gasteiger charge is 2.06. The second-order valence-electron chi connectivity index (χ2n) is 2.35. The summed E-state index contributed by atoms with van der Waals surface area (Å²) in [5.41, 5.74) is 5.94. The van der Waals surface area contributed by atoms with E-state index in [1.807, 2.05) is 6.07 Å². The third-order valence-electron chi connectivity index (χ3n) is 1.43. The molecule has 0 spiro atoms. The van der Waals surface area contributed by atoms with Crippen molar-refractivity contribution < 1.29 is 4.39 Å². The Hall–Kier alpha value is -1.47. The van der Waals surface area contributed by atoms with Crippen LogP contribution >= 0.6 is 0 Å². The van der Waals surface area contributed by atoms with Gasteiger partial charge in [0.2, 0.25) is 5.95 Å². The van der Waals surface area contributed by atoms with Gasteiger partial charge in [-0.2, -0.15) is 9.65 Å². The minimum absolute atomic E-state index is 0.149. The molecular formula is C8H8FN3. The van der Waals surface area contributed by atoms with Crippen LogP contribution in [0.5, 0.6) is 0 Å². The fourth-order valence-corrected chi connectivity index (χ4v) is 0.833. The molecule has 2 N–H and O–H groups in total. The molecule has 0 saturated carbocycles. The third kappa shape index (κ3) is 2.01. The summed E-state index contributed by atoms with van der Waals surface area (Å²) in [7, 11) is 0. The molecule has 12 heavy (non-hydrogen) atoms. The molecule has 3 nitrogen and oxygen atoms in total. The van der Waals surface area contributed by atoms with Gasteiger partial charge in [-0.05, 0) is 12.1 Å². The predicted octanol–water partition coefficient (Wildman–Crippen LogP) is 1.13. The van der Waals surface area contributed by atoms with E-state index in [1.54, 1.807) is 6.07 Å². The smallest absolute Gasteiger partial charge is 0.213 e. The number of rotatable bonds is 2. The van der Waals surface area contributed by atoms with Crippen molar-refractivity contribution in [3.05, 3.63) is 29.8 Å². The van der Waals surface area contributed by atoms with Crippen molar-refractivity contribution in [3.63, 3.8) is 0 Å². The fraction of sp³-hybridized carbons (Fsp3) is 0.250. The van der Waals surface area contributed by atoms with Crippen LogP contribution in [0.1, 0.15) is 18.2 Å². The van der Waals surface area contributed by atoms with E-state index in [0.717, 1.165) is 0 Å². The van der Waals surface area contributed by atoms with E-state index in [4.69, 9.17) is 11.0 Å². The van der Waals surface area contributed by atoms with Crippen molar-refractivity contribution in [1.82, 2.24) is 4.98 Å². The topological polar surface area (TPSA) is 62.7 Å². The van der Waals surface area contributed by atoms with E-state index < -0.39 is 12.0 Å². The molecule has 0 bridgehead atoms. The second kappa shape index (κ2) is 3.79. The zero-order valence-corrected chi connectivity index (χ0v) is 6.37. The van der Waals surface area contributed by atoms with Crippen molar-refractivity contribution >= 4 is 0 Å². The highest BCUT2D eigenvalue weighted by atomic mass is 19.1. The molecule has 0 amide bonds. The lowest BCUT2D eigenvalue weighted by molar-refractivity contribution is 0.565. The number of pyridine rings is 1. The molecule has 0 aromatic carbocycles. The summed E-state index contributed by atoms with van der Waals surface area (Å²) in [4.78, 5) is 3.55. The van der Waals surface area contributed by atoms with Gasteiger partial charge in [0.05, 0.1) is 24.2 Å². The van der Waals surface area contributed by atoms with Gasteiger partial charge < -0.3 is 5.73 Å². The van der Waals surface area contributed by atoms with Crippen LogP contribution in [0.15, 0.2) is 18.2 Å². The zero-order valence-electron chi connectivity index (χ0n) is 6.37. The summed E-state index contributed by atoms with van der Waals surface area (Å²) in [5, 5.41) is 8.32. The maximum absolute atomic E-state index is 12.5. The Bertz CT molecular complexity index is 305. The van der Waals surface area contributed by atoms with Gasteiger partial charge in [-0.25, -0.2) is 4.98 Å². The third-order valence-corrected chi connectivity index (χ3v) is 1.43. The first-order valence-corrected chi connectivity index (χ1v) is 3.49. The van der Waals surface area contributed by atoms with E-state index in [1.165, 1.54) is 12.1 Å². The summed E-state index contributed by atoms with van der Waals surface area (Å²) >= 11 is 0. The average molecular weight is 165 g/mol. The average Bonchev–Trinajstić information content (AvgIpc) is 2.05. The minimum Gasteiger partial charge on any atom is -0.322 e. The molecule has 4 heteroatoms. The predicted molar refractivity (Wildman–Crippen MR) is 41.4 cm³/mol. The molecule has 1 rings (SSSR count). The maximum atomic E-state index is 12.5. The van der Waals surface area contributed by atoms with Crippen LogP contribution in [-0.2, 0) is 0 Å². The van der Waals surface area contributed by atoms with Gasteiger partial charge in [0.25, 0.3) is 0 Å². The van der Waals surface area contributed by atoms with Crippen LogP contribution in [0.2, 0.25) is 0 Å². The van der Waals surface area contributed by atoms with E-state index in [9.17, 15) is 4.39 Å². The summed E-state index contributed by atoms with van der Waals surface area (Å²) in [6.45, 7) is 0. The number of halogens is 1. The molecule has 62 valence electrons. The molecule has 0 aliphatic rings. The first-order chi connectivity index (χ1) is 5.74. The van der Waals surface area contributed by atoms with Crippen LogP contribution < -0.4 is 5.73 Å². The van der Waals surface area contributed by atoms with Crippen molar-refractivity contribution in [3.8, 4) is 6.07 Å².